The Balaban J connectivity index is 2.99. The second-order valence-electron chi connectivity index (χ2n) is 2.40. The standard InChI is InChI=1S/C8H4F3N/c9-7-5-3-1-2-4-6(5)12(11)8(7)10/h1-4H. The Morgan fingerprint density at radius 1 is 1.08 bits per heavy atom. The van der Waals surface area contributed by atoms with Crippen LogP contribution in [0.5, 0.6) is 0 Å². The van der Waals surface area contributed by atoms with E-state index in [-0.39, 0.29) is 15.7 Å². The van der Waals surface area contributed by atoms with Gasteiger partial charge in [-0.25, -0.2) is 4.39 Å². The second-order valence-corrected chi connectivity index (χ2v) is 2.40. The van der Waals surface area contributed by atoms with Gasteiger partial charge in [-0.05, 0) is 12.1 Å². The van der Waals surface area contributed by atoms with Gasteiger partial charge in [0.2, 0.25) is 0 Å². The van der Waals surface area contributed by atoms with E-state index >= 15 is 0 Å². The van der Waals surface area contributed by atoms with Crippen LogP contribution >= 0.6 is 0 Å². The van der Waals surface area contributed by atoms with Gasteiger partial charge in [-0.3, -0.25) is 0 Å². The zero-order valence-electron chi connectivity index (χ0n) is 5.89. The third-order valence-electron chi connectivity index (χ3n) is 1.71. The molecule has 0 saturated heterocycles. The predicted molar refractivity (Wildman–Crippen MR) is 38.4 cm³/mol. The molecule has 0 aliphatic carbocycles. The Morgan fingerprint density at radius 2 is 1.75 bits per heavy atom. The highest BCUT2D eigenvalue weighted by atomic mass is 19.2. The molecular weight excluding hydrogens is 167 g/mol. The van der Waals surface area contributed by atoms with Crippen molar-refractivity contribution < 1.29 is 13.3 Å². The molecule has 0 fully saturated rings. The van der Waals surface area contributed by atoms with E-state index in [4.69, 9.17) is 0 Å². The molecule has 0 atom stereocenters. The maximum Gasteiger partial charge on any atom is 0.259 e. The zero-order valence-corrected chi connectivity index (χ0v) is 5.89. The van der Waals surface area contributed by atoms with Crippen LogP contribution in [0, 0.1) is 11.8 Å². The number of hydrogen-bond donors (Lipinski definition) is 0. The van der Waals surface area contributed by atoms with Crippen LogP contribution in [0.2, 0.25) is 0 Å². The monoisotopic (exact) mass is 171 g/mol. The Bertz CT molecular complexity index is 394. The Morgan fingerprint density at radius 3 is 2.42 bits per heavy atom. The zero-order chi connectivity index (χ0) is 8.72. The van der Waals surface area contributed by atoms with Crippen LogP contribution in [-0.2, 0) is 0 Å². The molecule has 0 spiro atoms. The number of aromatic nitrogens is 1. The lowest BCUT2D eigenvalue weighted by molar-refractivity contribution is 0.297. The van der Waals surface area contributed by atoms with Crippen LogP contribution in [-0.4, -0.2) is 4.79 Å². The van der Waals surface area contributed by atoms with Crippen molar-refractivity contribution in [3.05, 3.63) is 36.0 Å². The first-order chi connectivity index (χ1) is 5.72. The van der Waals surface area contributed by atoms with Gasteiger partial charge in [-0.15, -0.1) is 4.79 Å². The molecule has 2 aromatic rings. The van der Waals surface area contributed by atoms with Crippen LogP contribution in [0.25, 0.3) is 10.9 Å². The molecule has 2 rings (SSSR count). The maximum atomic E-state index is 12.8. The van der Waals surface area contributed by atoms with Gasteiger partial charge in [0, 0.05) is 5.39 Å². The quantitative estimate of drug-likeness (QED) is 0.574. The number of nitrogens with zero attached hydrogens (tertiary/aromatic N) is 1. The van der Waals surface area contributed by atoms with Crippen molar-refractivity contribution in [1.29, 1.82) is 0 Å². The molecule has 0 amide bonds. The summed E-state index contributed by atoms with van der Waals surface area (Å²) in [5, 5.41) is -0.0440. The van der Waals surface area contributed by atoms with E-state index in [1.807, 2.05) is 0 Å². The highest BCUT2D eigenvalue weighted by molar-refractivity contribution is 5.80. The third kappa shape index (κ3) is 0.747. The minimum atomic E-state index is -1.48. The molecule has 0 saturated carbocycles. The van der Waals surface area contributed by atoms with Crippen molar-refractivity contribution in [2.45, 2.75) is 0 Å². The third-order valence-corrected chi connectivity index (χ3v) is 1.71. The van der Waals surface area contributed by atoms with Gasteiger partial charge < -0.3 is 0 Å². The van der Waals surface area contributed by atoms with Crippen LogP contribution in [0.1, 0.15) is 0 Å². The van der Waals surface area contributed by atoms with Gasteiger partial charge in [0.05, 0.1) is 5.52 Å². The maximum absolute atomic E-state index is 12.8. The summed E-state index contributed by atoms with van der Waals surface area (Å²) in [4.78, 5) is -0.301. The molecule has 1 nitrogen and oxygen atoms in total. The summed E-state index contributed by atoms with van der Waals surface area (Å²) in [6.45, 7) is 0. The normalized spacial score (nSPS) is 10.9. The average Bonchev–Trinajstić information content (AvgIpc) is 2.33. The minimum absolute atomic E-state index is 0.0440. The fraction of sp³-hybridized carbons (Fsp3) is 0. The van der Waals surface area contributed by atoms with E-state index in [1.165, 1.54) is 24.3 Å². The summed E-state index contributed by atoms with van der Waals surface area (Å²) < 4.78 is 38.1. The number of para-hydroxylation sites is 1. The lowest BCUT2D eigenvalue weighted by Gasteiger charge is -1.87. The van der Waals surface area contributed by atoms with Gasteiger partial charge in [0.25, 0.3) is 5.95 Å². The summed E-state index contributed by atoms with van der Waals surface area (Å²) in [6.07, 6.45) is 0. The summed E-state index contributed by atoms with van der Waals surface area (Å²) in [6, 6.07) is 5.66. The average molecular weight is 171 g/mol. The summed E-state index contributed by atoms with van der Waals surface area (Å²) in [5.41, 5.74) is -0.0903. The topological polar surface area (TPSA) is 4.93 Å². The van der Waals surface area contributed by atoms with E-state index in [2.05, 4.69) is 0 Å². The highest BCUT2D eigenvalue weighted by Crippen LogP contribution is 2.22. The van der Waals surface area contributed by atoms with Crippen molar-refractivity contribution in [2.75, 3.05) is 0 Å². The van der Waals surface area contributed by atoms with Crippen molar-refractivity contribution in [3.63, 3.8) is 0 Å². The molecule has 62 valence electrons. The largest absolute Gasteiger partial charge is 0.259 e. The number of halogens is 3. The molecule has 0 N–H and O–H groups in total. The first kappa shape index (κ1) is 7.21. The summed E-state index contributed by atoms with van der Waals surface area (Å²) >= 11 is 0. The van der Waals surface area contributed by atoms with Gasteiger partial charge in [0.15, 0.2) is 5.82 Å². The molecule has 1 aromatic carbocycles. The molecule has 12 heavy (non-hydrogen) atoms. The molecule has 0 bridgehead atoms. The first-order valence-corrected chi connectivity index (χ1v) is 3.32. The van der Waals surface area contributed by atoms with Crippen molar-refractivity contribution in [1.82, 2.24) is 4.79 Å². The number of benzene rings is 1. The predicted octanol–water partition coefficient (Wildman–Crippen LogP) is 2.65. The van der Waals surface area contributed by atoms with Crippen LogP contribution in [0.15, 0.2) is 24.3 Å². The van der Waals surface area contributed by atoms with E-state index in [9.17, 15) is 13.3 Å². The fourth-order valence-electron chi connectivity index (χ4n) is 1.13. The molecule has 4 heteroatoms. The lowest BCUT2D eigenvalue weighted by Crippen LogP contribution is -1.85. The summed E-state index contributed by atoms with van der Waals surface area (Å²) in [7, 11) is 0. The van der Waals surface area contributed by atoms with E-state index in [0.29, 0.717) is 0 Å². The molecule has 1 aromatic heterocycles. The first-order valence-electron chi connectivity index (χ1n) is 3.32. The Labute approximate surface area is 66.0 Å². The number of fused-ring (bicyclic) bond motifs is 1. The van der Waals surface area contributed by atoms with Crippen molar-refractivity contribution >= 4 is 10.9 Å². The molecular formula is C8H4F3N. The van der Waals surface area contributed by atoms with Gasteiger partial charge >= 0.3 is 0 Å². The van der Waals surface area contributed by atoms with Crippen LogP contribution in [0.3, 0.4) is 0 Å². The highest BCUT2D eigenvalue weighted by Gasteiger charge is 2.15. The van der Waals surface area contributed by atoms with Gasteiger partial charge in [-0.1, -0.05) is 16.6 Å². The van der Waals surface area contributed by atoms with Crippen molar-refractivity contribution in [2.24, 2.45) is 0 Å². The van der Waals surface area contributed by atoms with E-state index in [1.54, 1.807) is 0 Å². The molecule has 0 aliphatic rings. The molecule has 0 unspecified atom stereocenters. The Kier molecular flexibility index (Phi) is 1.36. The molecule has 0 radical (unpaired) electrons. The molecule has 1 heterocycles. The fourth-order valence-corrected chi connectivity index (χ4v) is 1.13. The number of hydrogen-bond acceptors (Lipinski definition) is 0. The van der Waals surface area contributed by atoms with Crippen LogP contribution < -0.4 is 0 Å². The SMILES string of the molecule is Fc1c(F)n(F)c2ccccc12. The van der Waals surface area contributed by atoms with Crippen LogP contribution in [0.4, 0.5) is 13.3 Å². The second kappa shape index (κ2) is 2.27. The minimum Gasteiger partial charge on any atom is -0.201 e. The smallest absolute Gasteiger partial charge is 0.201 e. The van der Waals surface area contributed by atoms with Gasteiger partial charge in [0.1, 0.15) is 0 Å². The summed E-state index contributed by atoms with van der Waals surface area (Å²) in [5.74, 6) is -2.62. The van der Waals surface area contributed by atoms with E-state index in [0.717, 1.165) is 0 Å². The lowest BCUT2D eigenvalue weighted by atomic mass is 10.2. The van der Waals surface area contributed by atoms with E-state index < -0.39 is 11.8 Å². The van der Waals surface area contributed by atoms with Crippen molar-refractivity contribution in [3.8, 4) is 0 Å². The molecule has 0 aliphatic heterocycles. The number of rotatable bonds is 0. The Hall–Kier alpha value is -1.45. The van der Waals surface area contributed by atoms with Gasteiger partial charge in [-0.2, -0.15) is 4.39 Å².